The van der Waals surface area contributed by atoms with E-state index in [1.807, 2.05) is 0 Å². The van der Waals surface area contributed by atoms with Crippen LogP contribution in [0, 0.1) is 5.82 Å². The third-order valence-corrected chi connectivity index (χ3v) is 5.72. The number of aromatic nitrogens is 1. The number of nitrogens with zero attached hydrogens (tertiary/aromatic N) is 2. The number of hydrogen-bond donors (Lipinski definition) is 0. The van der Waals surface area contributed by atoms with Crippen LogP contribution in [-0.2, 0) is 9.84 Å². The average molecular weight is 355 g/mol. The molecule has 0 aromatic carbocycles. The Labute approximate surface area is 118 Å². The van der Waals surface area contributed by atoms with Gasteiger partial charge in [0.25, 0.3) is 0 Å². The molecule has 0 saturated carbocycles. The Kier molecular flexibility index (Phi) is 4.18. The van der Waals surface area contributed by atoms with Crippen LogP contribution in [0.5, 0.6) is 0 Å². The van der Waals surface area contributed by atoms with E-state index in [0.717, 1.165) is 5.75 Å². The molecular weight excluding hydrogens is 343 g/mol. The van der Waals surface area contributed by atoms with Crippen molar-refractivity contribution in [2.45, 2.75) is 5.37 Å². The molecule has 0 bridgehead atoms. The van der Waals surface area contributed by atoms with Crippen molar-refractivity contribution in [3.8, 4) is 0 Å². The highest BCUT2D eigenvalue weighted by molar-refractivity contribution is 9.10. The van der Waals surface area contributed by atoms with Gasteiger partial charge in [0.1, 0.15) is 5.37 Å². The highest BCUT2D eigenvalue weighted by Crippen LogP contribution is 2.28. The average Bonchev–Trinajstić information content (AvgIpc) is 2.28. The lowest BCUT2D eigenvalue weighted by atomic mass is 10.4. The number of thioether (sulfide) groups is 1. The lowest BCUT2D eigenvalue weighted by Gasteiger charge is -2.35. The molecular formula is C10H12BrFN2O2S2. The van der Waals surface area contributed by atoms with Crippen molar-refractivity contribution in [1.82, 2.24) is 4.98 Å². The van der Waals surface area contributed by atoms with Crippen LogP contribution < -0.4 is 4.90 Å². The van der Waals surface area contributed by atoms with Crippen molar-refractivity contribution in [1.29, 1.82) is 0 Å². The first-order valence-electron chi connectivity index (χ1n) is 5.24. The molecule has 0 radical (unpaired) electrons. The number of halogens is 2. The fourth-order valence-corrected chi connectivity index (χ4v) is 4.92. The summed E-state index contributed by atoms with van der Waals surface area (Å²) in [6, 6.07) is 1.30. The molecule has 1 unspecified atom stereocenters. The van der Waals surface area contributed by atoms with Gasteiger partial charge in [-0.2, -0.15) is 11.8 Å². The predicted octanol–water partition coefficient (Wildman–Crippen LogP) is 1.91. The molecule has 1 aromatic rings. The van der Waals surface area contributed by atoms with Gasteiger partial charge in [-0.05, 0) is 22.0 Å². The molecule has 0 aliphatic carbocycles. The molecule has 2 heterocycles. The summed E-state index contributed by atoms with van der Waals surface area (Å²) in [5.41, 5.74) is 0. The molecule has 0 N–H and O–H groups in total. The third-order valence-electron chi connectivity index (χ3n) is 2.64. The van der Waals surface area contributed by atoms with E-state index in [4.69, 9.17) is 0 Å². The minimum atomic E-state index is -3.26. The summed E-state index contributed by atoms with van der Waals surface area (Å²) in [4.78, 5) is 5.53. The van der Waals surface area contributed by atoms with Gasteiger partial charge >= 0.3 is 0 Å². The van der Waals surface area contributed by atoms with Gasteiger partial charge in [0.15, 0.2) is 21.5 Å². The van der Waals surface area contributed by atoms with E-state index < -0.39 is 21.0 Å². The fraction of sp³-hybridized carbons (Fsp3) is 0.500. The van der Waals surface area contributed by atoms with Gasteiger partial charge in [0.2, 0.25) is 0 Å². The zero-order chi connectivity index (χ0) is 13.3. The molecule has 100 valence electrons. The minimum Gasteiger partial charge on any atom is -0.336 e. The Morgan fingerprint density at radius 2 is 2.33 bits per heavy atom. The van der Waals surface area contributed by atoms with E-state index in [1.165, 1.54) is 23.4 Å². The summed E-state index contributed by atoms with van der Waals surface area (Å²) in [5.74, 6) is 0.804. The van der Waals surface area contributed by atoms with Crippen LogP contribution in [0.15, 0.2) is 16.7 Å². The highest BCUT2D eigenvalue weighted by Gasteiger charge is 2.33. The van der Waals surface area contributed by atoms with Crippen molar-refractivity contribution in [3.05, 3.63) is 22.6 Å². The number of sulfone groups is 1. The largest absolute Gasteiger partial charge is 0.336 e. The predicted molar refractivity (Wildman–Crippen MR) is 75.2 cm³/mol. The summed E-state index contributed by atoms with van der Waals surface area (Å²) in [7, 11) is -3.26. The second-order valence-corrected chi connectivity index (χ2v) is 8.28. The number of anilines is 1. The van der Waals surface area contributed by atoms with E-state index in [0.29, 0.717) is 16.8 Å². The Hall–Kier alpha value is -0.340. The van der Waals surface area contributed by atoms with Gasteiger partial charge in [0.05, 0.1) is 0 Å². The molecule has 0 amide bonds. The lowest BCUT2D eigenvalue weighted by Crippen LogP contribution is -2.47. The summed E-state index contributed by atoms with van der Waals surface area (Å²) in [5, 5.41) is -0.709. The molecule has 1 aliphatic rings. The summed E-state index contributed by atoms with van der Waals surface area (Å²) < 4.78 is 37.9. The maximum Gasteiger partial charge on any atom is 0.169 e. The molecule has 18 heavy (non-hydrogen) atoms. The lowest BCUT2D eigenvalue weighted by molar-refractivity contribution is 0.575. The molecule has 1 aromatic heterocycles. The standard InChI is InChI=1S/C10H12BrFN2O2S2/c1-18(15,16)9-6-17-3-2-14(9)10-8(12)4-7(11)5-13-10/h4-5,9H,2-3,6H2,1H3. The highest BCUT2D eigenvalue weighted by atomic mass is 79.9. The van der Waals surface area contributed by atoms with E-state index in [2.05, 4.69) is 20.9 Å². The van der Waals surface area contributed by atoms with Crippen LogP contribution in [0.25, 0.3) is 0 Å². The van der Waals surface area contributed by atoms with Gasteiger partial charge in [-0.25, -0.2) is 17.8 Å². The molecule has 1 saturated heterocycles. The summed E-state index contributed by atoms with van der Waals surface area (Å²) in [6.45, 7) is 0.480. The Bertz CT molecular complexity index is 553. The zero-order valence-electron chi connectivity index (χ0n) is 9.64. The van der Waals surface area contributed by atoms with Gasteiger partial charge < -0.3 is 4.90 Å². The van der Waals surface area contributed by atoms with E-state index in [-0.39, 0.29) is 5.82 Å². The Morgan fingerprint density at radius 3 is 2.94 bits per heavy atom. The topological polar surface area (TPSA) is 50.3 Å². The summed E-state index contributed by atoms with van der Waals surface area (Å²) >= 11 is 4.69. The monoisotopic (exact) mass is 354 g/mol. The smallest absolute Gasteiger partial charge is 0.169 e. The van der Waals surface area contributed by atoms with Crippen LogP contribution >= 0.6 is 27.7 Å². The van der Waals surface area contributed by atoms with Crippen LogP contribution in [-0.4, -0.2) is 43.1 Å². The molecule has 1 aliphatic heterocycles. The molecule has 1 fully saturated rings. The van der Waals surface area contributed by atoms with Crippen LogP contribution in [0.3, 0.4) is 0 Å². The first-order chi connectivity index (χ1) is 8.39. The van der Waals surface area contributed by atoms with E-state index in [1.54, 1.807) is 11.8 Å². The van der Waals surface area contributed by atoms with E-state index in [9.17, 15) is 12.8 Å². The Balaban J connectivity index is 2.40. The molecule has 0 spiro atoms. The van der Waals surface area contributed by atoms with E-state index >= 15 is 0 Å². The Morgan fingerprint density at radius 1 is 1.61 bits per heavy atom. The van der Waals surface area contributed by atoms with Gasteiger partial charge in [-0.3, -0.25) is 0 Å². The van der Waals surface area contributed by atoms with Crippen molar-refractivity contribution < 1.29 is 12.8 Å². The second kappa shape index (κ2) is 5.34. The SMILES string of the molecule is CS(=O)(=O)C1CSCCN1c1ncc(Br)cc1F. The van der Waals surface area contributed by atoms with Crippen molar-refractivity contribution in [3.63, 3.8) is 0 Å². The molecule has 1 atom stereocenters. The maximum absolute atomic E-state index is 13.9. The van der Waals surface area contributed by atoms with Crippen LogP contribution in [0.4, 0.5) is 10.2 Å². The molecule has 8 heteroatoms. The van der Waals surface area contributed by atoms with Crippen LogP contribution in [0.2, 0.25) is 0 Å². The number of rotatable bonds is 2. The third kappa shape index (κ3) is 2.97. The first kappa shape index (κ1) is 14.1. The second-order valence-electron chi connectivity index (χ2n) is 4.01. The maximum atomic E-state index is 13.9. The minimum absolute atomic E-state index is 0.105. The van der Waals surface area contributed by atoms with Gasteiger partial charge in [-0.15, -0.1) is 0 Å². The first-order valence-corrected chi connectivity index (χ1v) is 9.14. The molecule has 2 rings (SSSR count). The van der Waals surface area contributed by atoms with Gasteiger partial charge in [-0.1, -0.05) is 0 Å². The van der Waals surface area contributed by atoms with Crippen molar-refractivity contribution in [2.24, 2.45) is 0 Å². The number of pyridine rings is 1. The summed E-state index contributed by atoms with van der Waals surface area (Å²) in [6.07, 6.45) is 2.65. The normalized spacial score (nSPS) is 21.1. The van der Waals surface area contributed by atoms with Crippen LogP contribution in [0.1, 0.15) is 0 Å². The quantitative estimate of drug-likeness (QED) is 0.811. The fourth-order valence-electron chi connectivity index (χ4n) is 1.80. The molecule has 4 nitrogen and oxygen atoms in total. The van der Waals surface area contributed by atoms with Gasteiger partial charge in [0, 0.05) is 35.0 Å². The van der Waals surface area contributed by atoms with Crippen molar-refractivity contribution in [2.75, 3.05) is 29.2 Å². The van der Waals surface area contributed by atoms with Crippen molar-refractivity contribution >= 4 is 43.3 Å². The zero-order valence-corrected chi connectivity index (χ0v) is 12.9. The number of hydrogen-bond acceptors (Lipinski definition) is 5.